The second kappa shape index (κ2) is 10.4. The number of alkyl halides is 3. The van der Waals surface area contributed by atoms with E-state index in [9.17, 15) is 22.8 Å². The van der Waals surface area contributed by atoms with Crippen molar-refractivity contribution in [3.05, 3.63) is 29.8 Å². The van der Waals surface area contributed by atoms with Gasteiger partial charge in [-0.15, -0.1) is 12.4 Å². The highest BCUT2D eigenvalue weighted by Gasteiger charge is 2.33. The van der Waals surface area contributed by atoms with Crippen molar-refractivity contribution >= 4 is 29.9 Å². The van der Waals surface area contributed by atoms with E-state index >= 15 is 0 Å². The van der Waals surface area contributed by atoms with Crippen LogP contribution in [0.25, 0.3) is 0 Å². The number of rotatable bonds is 7. The van der Waals surface area contributed by atoms with Crippen LogP contribution in [-0.2, 0) is 15.8 Å². The van der Waals surface area contributed by atoms with Crippen LogP contribution in [0.4, 0.5) is 18.9 Å². The van der Waals surface area contributed by atoms with Gasteiger partial charge in [-0.3, -0.25) is 9.59 Å². The largest absolute Gasteiger partial charge is 0.418 e. The zero-order valence-corrected chi connectivity index (χ0v) is 15.8. The van der Waals surface area contributed by atoms with Crippen LogP contribution in [0.3, 0.4) is 0 Å². The van der Waals surface area contributed by atoms with Gasteiger partial charge in [0, 0.05) is 6.54 Å². The topological polar surface area (TPSA) is 75.4 Å². The molecule has 0 saturated heterocycles. The number of para-hydroxylation sites is 1. The SMILES string of the molecule is CCN(CC(=O)Nc1ccccc1C(F)(F)F)C(=O)[C@@H](N)CC(C)C.Cl. The Morgan fingerprint density at radius 1 is 1.23 bits per heavy atom. The second-order valence-corrected chi connectivity index (χ2v) is 6.18. The normalized spacial score (nSPS) is 12.3. The fourth-order valence-electron chi connectivity index (χ4n) is 2.39. The van der Waals surface area contributed by atoms with Crippen LogP contribution in [0, 0.1) is 5.92 Å². The van der Waals surface area contributed by atoms with Gasteiger partial charge in [0.1, 0.15) is 0 Å². The van der Waals surface area contributed by atoms with Gasteiger partial charge in [0.15, 0.2) is 0 Å². The molecule has 1 aromatic carbocycles. The smallest absolute Gasteiger partial charge is 0.332 e. The van der Waals surface area contributed by atoms with Gasteiger partial charge in [0.05, 0.1) is 23.8 Å². The molecule has 2 amide bonds. The van der Waals surface area contributed by atoms with Gasteiger partial charge < -0.3 is 16.0 Å². The molecule has 148 valence electrons. The molecule has 9 heteroatoms. The molecular formula is C17H25ClF3N3O2. The van der Waals surface area contributed by atoms with Crippen LogP contribution in [-0.4, -0.2) is 35.8 Å². The van der Waals surface area contributed by atoms with Crippen molar-refractivity contribution in [2.75, 3.05) is 18.4 Å². The first-order valence-electron chi connectivity index (χ1n) is 8.06. The fourth-order valence-corrected chi connectivity index (χ4v) is 2.39. The van der Waals surface area contributed by atoms with E-state index in [0.717, 1.165) is 6.07 Å². The summed E-state index contributed by atoms with van der Waals surface area (Å²) < 4.78 is 38.9. The fraction of sp³-hybridized carbons (Fsp3) is 0.529. The summed E-state index contributed by atoms with van der Waals surface area (Å²) in [6.45, 7) is 5.40. The first-order valence-corrected chi connectivity index (χ1v) is 8.06. The Kier molecular flexibility index (Phi) is 9.66. The number of hydrogen-bond donors (Lipinski definition) is 2. The maximum Gasteiger partial charge on any atom is 0.418 e. The van der Waals surface area contributed by atoms with Crippen LogP contribution < -0.4 is 11.1 Å². The molecule has 26 heavy (non-hydrogen) atoms. The molecular weight excluding hydrogens is 371 g/mol. The molecule has 1 atom stereocenters. The minimum Gasteiger partial charge on any atom is -0.332 e. The summed E-state index contributed by atoms with van der Waals surface area (Å²) >= 11 is 0. The first kappa shape index (κ1) is 24.2. The maximum absolute atomic E-state index is 13.0. The third-order valence-electron chi connectivity index (χ3n) is 3.58. The summed E-state index contributed by atoms with van der Waals surface area (Å²) in [6, 6.07) is 3.95. The minimum absolute atomic E-state index is 0. The van der Waals surface area contributed by atoms with Crippen molar-refractivity contribution < 1.29 is 22.8 Å². The van der Waals surface area contributed by atoms with E-state index in [1.807, 2.05) is 13.8 Å². The molecule has 0 aliphatic rings. The number of benzene rings is 1. The summed E-state index contributed by atoms with van der Waals surface area (Å²) in [4.78, 5) is 25.6. The Balaban J connectivity index is 0.00000625. The molecule has 0 fully saturated rings. The Morgan fingerprint density at radius 3 is 2.31 bits per heavy atom. The van der Waals surface area contributed by atoms with Crippen molar-refractivity contribution in [3.63, 3.8) is 0 Å². The average Bonchev–Trinajstić information content (AvgIpc) is 2.50. The molecule has 0 bridgehead atoms. The molecule has 0 radical (unpaired) electrons. The number of anilines is 1. The van der Waals surface area contributed by atoms with E-state index in [2.05, 4.69) is 5.32 Å². The molecule has 3 N–H and O–H groups in total. The second-order valence-electron chi connectivity index (χ2n) is 6.18. The lowest BCUT2D eigenvalue weighted by atomic mass is 10.0. The van der Waals surface area contributed by atoms with E-state index in [4.69, 9.17) is 5.73 Å². The van der Waals surface area contributed by atoms with Crippen LogP contribution >= 0.6 is 12.4 Å². The summed E-state index contributed by atoms with van der Waals surface area (Å²) in [7, 11) is 0. The lowest BCUT2D eigenvalue weighted by Gasteiger charge is -2.25. The van der Waals surface area contributed by atoms with Gasteiger partial charge in [0.2, 0.25) is 11.8 Å². The Hall–Kier alpha value is -1.80. The van der Waals surface area contributed by atoms with Crippen LogP contribution in [0.5, 0.6) is 0 Å². The van der Waals surface area contributed by atoms with Crippen LogP contribution in [0.15, 0.2) is 24.3 Å². The summed E-state index contributed by atoms with van der Waals surface area (Å²) in [5.41, 5.74) is 4.56. The number of carbonyl (C=O) groups excluding carboxylic acids is 2. The zero-order valence-electron chi connectivity index (χ0n) is 15.0. The average molecular weight is 396 g/mol. The highest BCUT2D eigenvalue weighted by molar-refractivity contribution is 5.95. The zero-order chi connectivity index (χ0) is 19.2. The number of hydrogen-bond acceptors (Lipinski definition) is 3. The summed E-state index contributed by atoms with van der Waals surface area (Å²) in [5.74, 6) is -0.885. The Bertz CT molecular complexity index is 609. The molecule has 0 heterocycles. The molecule has 0 unspecified atom stereocenters. The first-order chi connectivity index (χ1) is 11.6. The summed E-state index contributed by atoms with van der Waals surface area (Å²) in [5, 5.41) is 2.22. The number of nitrogens with two attached hydrogens (primary N) is 1. The molecule has 0 aromatic heterocycles. The van der Waals surface area contributed by atoms with E-state index in [1.165, 1.54) is 23.1 Å². The van der Waals surface area contributed by atoms with Gasteiger partial charge in [-0.2, -0.15) is 13.2 Å². The lowest BCUT2D eigenvalue weighted by Crippen LogP contribution is -2.47. The number of nitrogens with one attached hydrogen (secondary N) is 1. The number of likely N-dealkylation sites (N-methyl/N-ethyl adjacent to an activating group) is 1. The monoisotopic (exact) mass is 395 g/mol. The predicted molar refractivity (Wildman–Crippen MR) is 97.0 cm³/mol. The van der Waals surface area contributed by atoms with Gasteiger partial charge >= 0.3 is 6.18 Å². The minimum atomic E-state index is -4.58. The van der Waals surface area contributed by atoms with Crippen molar-refractivity contribution in [3.8, 4) is 0 Å². The highest BCUT2D eigenvalue weighted by Crippen LogP contribution is 2.34. The van der Waals surface area contributed by atoms with E-state index in [1.54, 1.807) is 6.92 Å². The third-order valence-corrected chi connectivity index (χ3v) is 3.58. The Labute approximate surface area is 157 Å². The van der Waals surface area contributed by atoms with Crippen LogP contribution in [0.1, 0.15) is 32.8 Å². The third kappa shape index (κ3) is 7.21. The predicted octanol–water partition coefficient (Wildman–Crippen LogP) is 3.29. The molecule has 1 aromatic rings. The summed E-state index contributed by atoms with van der Waals surface area (Å²) in [6.07, 6.45) is -4.11. The number of halogens is 4. The molecule has 0 saturated carbocycles. The van der Waals surface area contributed by atoms with Crippen molar-refractivity contribution in [1.29, 1.82) is 0 Å². The quantitative estimate of drug-likeness (QED) is 0.743. The molecule has 0 aliphatic carbocycles. The molecule has 0 spiro atoms. The van der Waals surface area contributed by atoms with Gasteiger partial charge in [-0.1, -0.05) is 26.0 Å². The molecule has 0 aliphatic heterocycles. The van der Waals surface area contributed by atoms with Crippen molar-refractivity contribution in [2.24, 2.45) is 11.7 Å². The number of carbonyl (C=O) groups is 2. The maximum atomic E-state index is 13.0. The number of amides is 2. The lowest BCUT2D eigenvalue weighted by molar-refractivity contribution is -0.137. The molecule has 5 nitrogen and oxygen atoms in total. The van der Waals surface area contributed by atoms with E-state index in [0.29, 0.717) is 6.42 Å². The molecule has 1 rings (SSSR count). The van der Waals surface area contributed by atoms with E-state index < -0.39 is 29.6 Å². The number of nitrogens with zero attached hydrogens (tertiary/aromatic N) is 1. The van der Waals surface area contributed by atoms with Gasteiger partial charge in [-0.05, 0) is 31.4 Å². The van der Waals surface area contributed by atoms with Gasteiger partial charge in [0.25, 0.3) is 0 Å². The van der Waals surface area contributed by atoms with Crippen molar-refractivity contribution in [2.45, 2.75) is 39.4 Å². The van der Waals surface area contributed by atoms with E-state index in [-0.39, 0.29) is 37.1 Å². The van der Waals surface area contributed by atoms with Gasteiger partial charge in [-0.25, -0.2) is 0 Å². The van der Waals surface area contributed by atoms with Crippen LogP contribution in [0.2, 0.25) is 0 Å². The highest BCUT2D eigenvalue weighted by atomic mass is 35.5. The Morgan fingerprint density at radius 2 is 1.81 bits per heavy atom. The van der Waals surface area contributed by atoms with Crippen molar-refractivity contribution in [1.82, 2.24) is 4.90 Å². The standard InChI is InChI=1S/C17H24F3N3O2.ClH/c1-4-23(16(25)13(21)9-11(2)3)10-15(24)22-14-8-6-5-7-12(14)17(18,19)20;/h5-8,11,13H,4,9-10,21H2,1-3H3,(H,22,24);1H/t13-;/m0./s1.